The maximum Gasteiger partial charge on any atom is 0.0147 e. The lowest BCUT2D eigenvalue weighted by Gasteiger charge is -1.99. The van der Waals surface area contributed by atoms with Gasteiger partial charge < -0.3 is 4.98 Å². The third-order valence-electron chi connectivity index (χ3n) is 2.46. The minimum atomic E-state index is 1.22. The van der Waals surface area contributed by atoms with Gasteiger partial charge in [0.1, 0.15) is 0 Å². The first-order chi connectivity index (χ1) is 6.43. The number of unbranched alkanes of at least 4 members (excludes halogenated alkanes) is 5. The van der Waals surface area contributed by atoms with E-state index in [0.717, 1.165) is 0 Å². The van der Waals surface area contributed by atoms with Crippen LogP contribution in [0.2, 0.25) is 0 Å². The van der Waals surface area contributed by atoms with Crippen LogP contribution in [0.4, 0.5) is 0 Å². The molecule has 0 unspecified atom stereocenters. The van der Waals surface area contributed by atoms with Gasteiger partial charge in [-0.3, -0.25) is 0 Å². The Morgan fingerprint density at radius 3 is 2.54 bits per heavy atom. The minimum absolute atomic E-state index is 1.22. The molecule has 0 spiro atoms. The van der Waals surface area contributed by atoms with Crippen LogP contribution in [0.1, 0.15) is 51.1 Å². The molecular formula is C12H21N. The topological polar surface area (TPSA) is 15.8 Å². The summed E-state index contributed by atoms with van der Waals surface area (Å²) in [6.45, 7) is 2.26. The summed E-state index contributed by atoms with van der Waals surface area (Å²) in [5.74, 6) is 0. The molecule has 0 radical (unpaired) electrons. The first-order valence-corrected chi connectivity index (χ1v) is 5.55. The predicted octanol–water partition coefficient (Wildman–Crippen LogP) is 3.92. The smallest absolute Gasteiger partial charge is 0.0147 e. The van der Waals surface area contributed by atoms with E-state index in [1.807, 2.05) is 6.20 Å². The zero-order valence-electron chi connectivity index (χ0n) is 8.68. The van der Waals surface area contributed by atoms with Gasteiger partial charge in [0.05, 0.1) is 0 Å². The molecule has 1 rings (SSSR count). The van der Waals surface area contributed by atoms with Crippen molar-refractivity contribution in [1.82, 2.24) is 4.98 Å². The Labute approximate surface area is 81.6 Å². The normalized spacial score (nSPS) is 10.5. The monoisotopic (exact) mass is 179 g/mol. The Bertz CT molecular complexity index is 189. The average Bonchev–Trinajstić information content (AvgIpc) is 2.63. The van der Waals surface area contributed by atoms with Crippen LogP contribution in [0.3, 0.4) is 0 Å². The Morgan fingerprint density at radius 1 is 1.08 bits per heavy atom. The van der Waals surface area contributed by atoms with E-state index in [4.69, 9.17) is 0 Å². The Balaban J connectivity index is 1.90. The standard InChI is InChI=1S/C12H21N/c1-2-3-4-5-6-7-9-12-10-8-11-13-12/h8,10-11,13H,2-7,9H2,1H3. The fourth-order valence-electron chi connectivity index (χ4n) is 1.62. The van der Waals surface area contributed by atoms with Crippen LogP contribution in [0.15, 0.2) is 18.3 Å². The van der Waals surface area contributed by atoms with Crippen molar-refractivity contribution in [3.05, 3.63) is 24.0 Å². The van der Waals surface area contributed by atoms with Crippen LogP contribution in [0, 0.1) is 0 Å². The van der Waals surface area contributed by atoms with E-state index in [2.05, 4.69) is 24.0 Å². The van der Waals surface area contributed by atoms with Gasteiger partial charge in [-0.25, -0.2) is 0 Å². The van der Waals surface area contributed by atoms with Crippen molar-refractivity contribution < 1.29 is 0 Å². The van der Waals surface area contributed by atoms with Gasteiger partial charge in [-0.2, -0.15) is 0 Å². The van der Waals surface area contributed by atoms with Crippen LogP contribution in [0.25, 0.3) is 0 Å². The fourth-order valence-corrected chi connectivity index (χ4v) is 1.62. The molecule has 0 aliphatic heterocycles. The second-order valence-electron chi connectivity index (χ2n) is 3.71. The number of nitrogens with one attached hydrogen (secondary N) is 1. The summed E-state index contributed by atoms with van der Waals surface area (Å²) in [6.07, 6.45) is 11.5. The average molecular weight is 179 g/mol. The maximum atomic E-state index is 3.24. The predicted molar refractivity (Wildman–Crippen MR) is 57.9 cm³/mol. The third-order valence-corrected chi connectivity index (χ3v) is 2.46. The maximum absolute atomic E-state index is 3.24. The molecule has 74 valence electrons. The molecule has 0 aliphatic carbocycles. The highest BCUT2D eigenvalue weighted by Crippen LogP contribution is 2.08. The molecule has 0 saturated heterocycles. The Kier molecular flexibility index (Phi) is 5.39. The molecule has 0 bridgehead atoms. The van der Waals surface area contributed by atoms with Gasteiger partial charge >= 0.3 is 0 Å². The van der Waals surface area contributed by atoms with Gasteiger partial charge in [0.2, 0.25) is 0 Å². The number of rotatable bonds is 7. The van der Waals surface area contributed by atoms with Gasteiger partial charge in [-0.05, 0) is 25.0 Å². The van der Waals surface area contributed by atoms with E-state index in [1.165, 1.54) is 50.6 Å². The van der Waals surface area contributed by atoms with Crippen molar-refractivity contribution in [3.8, 4) is 0 Å². The van der Waals surface area contributed by atoms with Crippen LogP contribution >= 0.6 is 0 Å². The van der Waals surface area contributed by atoms with E-state index in [0.29, 0.717) is 0 Å². The van der Waals surface area contributed by atoms with Crippen molar-refractivity contribution in [3.63, 3.8) is 0 Å². The molecule has 0 saturated carbocycles. The van der Waals surface area contributed by atoms with Gasteiger partial charge in [0, 0.05) is 11.9 Å². The van der Waals surface area contributed by atoms with Crippen molar-refractivity contribution >= 4 is 0 Å². The van der Waals surface area contributed by atoms with E-state index >= 15 is 0 Å². The van der Waals surface area contributed by atoms with Gasteiger partial charge in [-0.1, -0.05) is 39.0 Å². The molecule has 13 heavy (non-hydrogen) atoms. The summed E-state index contributed by atoms with van der Waals surface area (Å²) in [6, 6.07) is 4.25. The highest BCUT2D eigenvalue weighted by molar-refractivity contribution is 5.03. The number of hydrogen-bond acceptors (Lipinski definition) is 0. The summed E-state index contributed by atoms with van der Waals surface area (Å²) in [5, 5.41) is 0. The quantitative estimate of drug-likeness (QED) is 0.611. The summed E-state index contributed by atoms with van der Waals surface area (Å²) >= 11 is 0. The molecular weight excluding hydrogens is 158 g/mol. The zero-order chi connectivity index (χ0) is 9.36. The first kappa shape index (κ1) is 10.4. The SMILES string of the molecule is CCCCCCCCc1ccc[nH]1. The number of aromatic amines is 1. The molecule has 1 aromatic rings. The second kappa shape index (κ2) is 6.76. The highest BCUT2D eigenvalue weighted by atomic mass is 14.7. The number of aryl methyl sites for hydroxylation is 1. The molecule has 0 amide bonds. The summed E-state index contributed by atoms with van der Waals surface area (Å²) in [7, 11) is 0. The fraction of sp³-hybridized carbons (Fsp3) is 0.667. The molecule has 0 fully saturated rings. The third kappa shape index (κ3) is 4.76. The van der Waals surface area contributed by atoms with Crippen molar-refractivity contribution in [1.29, 1.82) is 0 Å². The highest BCUT2D eigenvalue weighted by Gasteiger charge is 1.93. The molecule has 1 heteroatoms. The van der Waals surface area contributed by atoms with Crippen LogP contribution < -0.4 is 0 Å². The molecule has 0 aliphatic rings. The second-order valence-corrected chi connectivity index (χ2v) is 3.71. The molecule has 1 nitrogen and oxygen atoms in total. The molecule has 0 aromatic carbocycles. The van der Waals surface area contributed by atoms with E-state index in [-0.39, 0.29) is 0 Å². The summed E-state index contributed by atoms with van der Waals surface area (Å²) in [4.78, 5) is 3.24. The molecule has 0 atom stereocenters. The zero-order valence-corrected chi connectivity index (χ0v) is 8.68. The lowest BCUT2D eigenvalue weighted by Crippen LogP contribution is -1.85. The molecule has 1 aromatic heterocycles. The lowest BCUT2D eigenvalue weighted by molar-refractivity contribution is 0.605. The molecule has 1 N–H and O–H groups in total. The summed E-state index contributed by atoms with van der Waals surface area (Å²) in [5.41, 5.74) is 1.38. The van der Waals surface area contributed by atoms with E-state index < -0.39 is 0 Å². The largest absolute Gasteiger partial charge is 0.365 e. The molecule has 1 heterocycles. The Morgan fingerprint density at radius 2 is 1.85 bits per heavy atom. The van der Waals surface area contributed by atoms with Crippen molar-refractivity contribution in [2.45, 2.75) is 51.9 Å². The van der Waals surface area contributed by atoms with E-state index in [1.54, 1.807) is 0 Å². The van der Waals surface area contributed by atoms with Gasteiger partial charge in [-0.15, -0.1) is 0 Å². The number of hydrogen-bond donors (Lipinski definition) is 1. The Hall–Kier alpha value is -0.720. The van der Waals surface area contributed by atoms with Crippen LogP contribution in [-0.2, 0) is 6.42 Å². The number of H-pyrrole nitrogens is 1. The van der Waals surface area contributed by atoms with Crippen molar-refractivity contribution in [2.75, 3.05) is 0 Å². The van der Waals surface area contributed by atoms with Crippen LogP contribution in [-0.4, -0.2) is 4.98 Å². The minimum Gasteiger partial charge on any atom is -0.365 e. The van der Waals surface area contributed by atoms with E-state index in [9.17, 15) is 0 Å². The first-order valence-electron chi connectivity index (χ1n) is 5.55. The van der Waals surface area contributed by atoms with Crippen molar-refractivity contribution in [2.24, 2.45) is 0 Å². The van der Waals surface area contributed by atoms with Gasteiger partial charge in [0.15, 0.2) is 0 Å². The number of aromatic nitrogens is 1. The van der Waals surface area contributed by atoms with Gasteiger partial charge in [0.25, 0.3) is 0 Å². The lowest BCUT2D eigenvalue weighted by atomic mass is 10.1. The van der Waals surface area contributed by atoms with Crippen LogP contribution in [0.5, 0.6) is 0 Å². The summed E-state index contributed by atoms with van der Waals surface area (Å²) < 4.78 is 0.